The number of esters is 1. The lowest BCUT2D eigenvalue weighted by Crippen LogP contribution is -2.25. The van der Waals surface area contributed by atoms with Crippen molar-refractivity contribution in [1.29, 1.82) is 0 Å². The molecule has 1 rings (SSSR count). The Morgan fingerprint density at radius 2 is 2.00 bits per heavy atom. The number of rotatable bonds is 6. The molecule has 0 spiro atoms. The smallest absolute Gasteiger partial charge is 0.309 e. The summed E-state index contributed by atoms with van der Waals surface area (Å²) in [5.41, 5.74) is 0.844. The summed E-state index contributed by atoms with van der Waals surface area (Å²) in [6.45, 7) is 1.80. The Morgan fingerprint density at radius 1 is 1.32 bits per heavy atom. The molecule has 0 saturated heterocycles. The summed E-state index contributed by atoms with van der Waals surface area (Å²) >= 11 is 0. The molecule has 0 aliphatic rings. The molecule has 0 bridgehead atoms. The van der Waals surface area contributed by atoms with Crippen molar-refractivity contribution in [1.82, 2.24) is 0 Å². The molecule has 0 aromatic heterocycles. The molecule has 0 saturated carbocycles. The summed E-state index contributed by atoms with van der Waals surface area (Å²) in [5, 5.41) is 8.89. The molecule has 1 aromatic rings. The molecule has 0 heterocycles. The highest BCUT2D eigenvalue weighted by molar-refractivity contribution is 5.80. The number of carbonyl (C=O) groups excluding carboxylic acids is 1. The molecule has 0 aliphatic heterocycles. The number of methoxy groups -OCH3 is 2. The van der Waals surface area contributed by atoms with E-state index in [4.69, 9.17) is 9.84 Å². The van der Waals surface area contributed by atoms with E-state index in [-0.39, 0.29) is 12.3 Å². The molecule has 2 atom stereocenters. The Labute approximate surface area is 112 Å². The van der Waals surface area contributed by atoms with Gasteiger partial charge in [0.05, 0.1) is 26.6 Å². The van der Waals surface area contributed by atoms with Crippen LogP contribution in [-0.4, -0.2) is 31.3 Å². The minimum atomic E-state index is -1.02. The van der Waals surface area contributed by atoms with E-state index in [1.54, 1.807) is 32.2 Å². The van der Waals surface area contributed by atoms with Gasteiger partial charge in [-0.2, -0.15) is 0 Å². The first kappa shape index (κ1) is 15.0. The van der Waals surface area contributed by atoms with Crippen molar-refractivity contribution >= 4 is 11.9 Å². The monoisotopic (exact) mass is 266 g/mol. The lowest BCUT2D eigenvalue weighted by molar-refractivity contribution is -0.151. The van der Waals surface area contributed by atoms with Gasteiger partial charge < -0.3 is 14.6 Å². The Kier molecular flexibility index (Phi) is 5.36. The van der Waals surface area contributed by atoms with Crippen LogP contribution in [-0.2, 0) is 14.3 Å². The number of hydrogen-bond acceptors (Lipinski definition) is 4. The fraction of sp³-hybridized carbons (Fsp3) is 0.429. The fourth-order valence-electron chi connectivity index (χ4n) is 1.96. The number of benzene rings is 1. The van der Waals surface area contributed by atoms with Crippen molar-refractivity contribution in [2.75, 3.05) is 14.2 Å². The first-order valence-corrected chi connectivity index (χ1v) is 5.93. The predicted octanol–water partition coefficient (Wildman–Crippen LogP) is 2.06. The number of aliphatic carboxylic acids is 1. The number of carboxylic acid groups (broad SMARTS) is 1. The first-order valence-electron chi connectivity index (χ1n) is 5.93. The summed E-state index contributed by atoms with van der Waals surface area (Å²) in [5.74, 6) is -1.85. The second kappa shape index (κ2) is 6.78. The van der Waals surface area contributed by atoms with E-state index in [1.165, 1.54) is 7.11 Å². The van der Waals surface area contributed by atoms with Crippen LogP contribution in [0.5, 0.6) is 5.75 Å². The van der Waals surface area contributed by atoms with Crippen LogP contribution < -0.4 is 4.74 Å². The molecule has 5 heteroatoms. The first-order chi connectivity index (χ1) is 8.99. The Bertz CT molecular complexity index is 455. The number of carboxylic acids is 1. The lowest BCUT2D eigenvalue weighted by atomic mass is 9.85. The van der Waals surface area contributed by atoms with E-state index in [2.05, 4.69) is 4.74 Å². The Morgan fingerprint density at radius 3 is 2.53 bits per heavy atom. The summed E-state index contributed by atoms with van der Waals surface area (Å²) in [4.78, 5) is 22.6. The van der Waals surface area contributed by atoms with Crippen LogP contribution in [0.4, 0.5) is 0 Å². The molecular weight excluding hydrogens is 248 g/mol. The largest absolute Gasteiger partial charge is 0.497 e. The summed E-state index contributed by atoms with van der Waals surface area (Å²) in [6.07, 6.45) is -0.259. The maximum atomic E-state index is 11.7. The van der Waals surface area contributed by atoms with E-state index < -0.39 is 17.9 Å². The molecule has 104 valence electrons. The van der Waals surface area contributed by atoms with Gasteiger partial charge in [-0.05, 0) is 23.6 Å². The standard InChI is InChI=1S/C14H18O5/c1-9(10-5-4-6-11(7-10)18-2)12(8-13(15)16)14(17)19-3/h4-7,9,12H,8H2,1-3H3,(H,15,16)/t9-,12-/m0/s1. The fourth-order valence-corrected chi connectivity index (χ4v) is 1.96. The zero-order valence-corrected chi connectivity index (χ0v) is 11.3. The van der Waals surface area contributed by atoms with Gasteiger partial charge in [-0.15, -0.1) is 0 Å². The van der Waals surface area contributed by atoms with Crippen molar-refractivity contribution in [2.45, 2.75) is 19.3 Å². The van der Waals surface area contributed by atoms with E-state index in [0.29, 0.717) is 5.75 Å². The normalized spacial score (nSPS) is 13.4. The topological polar surface area (TPSA) is 72.8 Å². The predicted molar refractivity (Wildman–Crippen MR) is 69.2 cm³/mol. The van der Waals surface area contributed by atoms with Crippen LogP contribution in [0.2, 0.25) is 0 Å². The minimum absolute atomic E-state index is 0.259. The van der Waals surface area contributed by atoms with Crippen molar-refractivity contribution in [2.24, 2.45) is 5.92 Å². The van der Waals surface area contributed by atoms with Gasteiger partial charge in [0.15, 0.2) is 0 Å². The van der Waals surface area contributed by atoms with E-state index >= 15 is 0 Å². The van der Waals surface area contributed by atoms with Crippen LogP contribution in [0, 0.1) is 5.92 Å². The summed E-state index contributed by atoms with van der Waals surface area (Å²) < 4.78 is 9.80. The quantitative estimate of drug-likeness (QED) is 0.798. The SMILES string of the molecule is COC(=O)[C@@H](CC(=O)O)[C@@H](C)c1cccc(OC)c1. The minimum Gasteiger partial charge on any atom is -0.497 e. The van der Waals surface area contributed by atoms with E-state index in [0.717, 1.165) is 5.56 Å². The summed E-state index contributed by atoms with van der Waals surface area (Å²) in [6, 6.07) is 7.23. The third kappa shape index (κ3) is 3.98. The lowest BCUT2D eigenvalue weighted by Gasteiger charge is -2.21. The molecule has 0 radical (unpaired) electrons. The van der Waals surface area contributed by atoms with Crippen molar-refractivity contribution < 1.29 is 24.2 Å². The van der Waals surface area contributed by atoms with Crippen LogP contribution in [0.15, 0.2) is 24.3 Å². The van der Waals surface area contributed by atoms with Gasteiger partial charge in [0.25, 0.3) is 0 Å². The molecular formula is C14H18O5. The Balaban J connectivity index is 3.00. The van der Waals surface area contributed by atoms with Crippen molar-refractivity contribution in [3.8, 4) is 5.75 Å². The maximum Gasteiger partial charge on any atom is 0.309 e. The number of hydrogen-bond donors (Lipinski definition) is 1. The molecule has 0 fully saturated rings. The summed E-state index contributed by atoms with van der Waals surface area (Å²) in [7, 11) is 2.81. The second-order valence-corrected chi connectivity index (χ2v) is 4.29. The highest BCUT2D eigenvalue weighted by Crippen LogP contribution is 2.30. The molecule has 1 N–H and O–H groups in total. The zero-order chi connectivity index (χ0) is 14.4. The van der Waals surface area contributed by atoms with Crippen LogP contribution >= 0.6 is 0 Å². The van der Waals surface area contributed by atoms with Crippen LogP contribution in [0.3, 0.4) is 0 Å². The number of ether oxygens (including phenoxy) is 2. The van der Waals surface area contributed by atoms with Crippen molar-refractivity contribution in [3.63, 3.8) is 0 Å². The highest BCUT2D eigenvalue weighted by atomic mass is 16.5. The van der Waals surface area contributed by atoms with Crippen LogP contribution in [0.25, 0.3) is 0 Å². The molecule has 1 aromatic carbocycles. The van der Waals surface area contributed by atoms with Gasteiger partial charge >= 0.3 is 11.9 Å². The Hall–Kier alpha value is -2.04. The van der Waals surface area contributed by atoms with Gasteiger partial charge in [0.2, 0.25) is 0 Å². The average molecular weight is 266 g/mol. The van der Waals surface area contributed by atoms with Crippen LogP contribution in [0.1, 0.15) is 24.8 Å². The second-order valence-electron chi connectivity index (χ2n) is 4.29. The third-order valence-electron chi connectivity index (χ3n) is 3.12. The molecule has 0 unspecified atom stereocenters. The van der Waals surface area contributed by atoms with E-state index in [1.807, 2.05) is 6.07 Å². The molecule has 5 nitrogen and oxygen atoms in total. The van der Waals surface area contributed by atoms with Gasteiger partial charge in [0, 0.05) is 0 Å². The zero-order valence-electron chi connectivity index (χ0n) is 11.3. The molecule has 19 heavy (non-hydrogen) atoms. The maximum absolute atomic E-state index is 11.7. The van der Waals surface area contributed by atoms with Gasteiger partial charge in [-0.1, -0.05) is 19.1 Å². The third-order valence-corrected chi connectivity index (χ3v) is 3.12. The number of carbonyl (C=O) groups is 2. The van der Waals surface area contributed by atoms with E-state index in [9.17, 15) is 9.59 Å². The van der Waals surface area contributed by atoms with Gasteiger partial charge in [-0.3, -0.25) is 9.59 Å². The van der Waals surface area contributed by atoms with Crippen molar-refractivity contribution in [3.05, 3.63) is 29.8 Å². The molecule has 0 amide bonds. The average Bonchev–Trinajstić information content (AvgIpc) is 2.43. The van der Waals surface area contributed by atoms with Gasteiger partial charge in [0.1, 0.15) is 5.75 Å². The highest BCUT2D eigenvalue weighted by Gasteiger charge is 2.29. The van der Waals surface area contributed by atoms with Gasteiger partial charge in [-0.25, -0.2) is 0 Å². The molecule has 0 aliphatic carbocycles.